The van der Waals surface area contributed by atoms with Crippen LogP contribution in [0.5, 0.6) is 0 Å². The zero-order valence-electron chi connectivity index (χ0n) is 13.6. The van der Waals surface area contributed by atoms with Gasteiger partial charge in [0.1, 0.15) is 5.76 Å². The number of fused-ring (bicyclic) bond motifs is 1. The van der Waals surface area contributed by atoms with Crippen molar-refractivity contribution in [1.82, 2.24) is 9.88 Å². The second-order valence-corrected chi connectivity index (χ2v) is 7.71. The average Bonchev–Trinajstić information content (AvgIpc) is 3.01. The van der Waals surface area contributed by atoms with Gasteiger partial charge in [0.2, 0.25) is 5.91 Å². The Bertz CT molecular complexity index is 707. The van der Waals surface area contributed by atoms with Crippen molar-refractivity contribution in [3.05, 3.63) is 39.7 Å². The number of aryl methyl sites for hydroxylation is 2. The molecule has 1 amide bonds. The van der Waals surface area contributed by atoms with E-state index in [4.69, 9.17) is 9.40 Å². The van der Waals surface area contributed by atoms with E-state index in [0.29, 0.717) is 0 Å². The lowest BCUT2D eigenvalue weighted by Crippen LogP contribution is -2.34. The van der Waals surface area contributed by atoms with E-state index in [1.807, 2.05) is 24.1 Å². The van der Waals surface area contributed by atoms with Crippen LogP contribution in [0.1, 0.15) is 59.5 Å². The second kappa shape index (κ2) is 5.78. The van der Waals surface area contributed by atoms with Gasteiger partial charge in [-0.05, 0) is 44.2 Å². The number of furan rings is 1. The summed E-state index contributed by atoms with van der Waals surface area (Å²) >= 11 is 1.80. The van der Waals surface area contributed by atoms with Crippen molar-refractivity contribution in [2.24, 2.45) is 5.92 Å². The van der Waals surface area contributed by atoms with Gasteiger partial charge in [0.15, 0.2) is 0 Å². The molecule has 2 aromatic heterocycles. The molecular formula is C18H22N2O2S. The largest absolute Gasteiger partial charge is 0.469 e. The number of rotatable bonds is 4. The molecule has 23 heavy (non-hydrogen) atoms. The third-order valence-corrected chi connectivity index (χ3v) is 6.44. The predicted octanol–water partition coefficient (Wildman–Crippen LogP) is 3.94. The normalized spacial score (nSPS) is 25.9. The van der Waals surface area contributed by atoms with Crippen LogP contribution in [0.3, 0.4) is 0 Å². The second-order valence-electron chi connectivity index (χ2n) is 6.59. The standard InChI is InChI=1S/C18H22N2O2S/c1-3-16-19-13-6-4-7-14(17(13)23-16)20(2)18(21)12-10-11(12)15-8-5-9-22-15/h5,8-9,11-12,14H,3-4,6-7,10H2,1-2H3/t11-,12-,14+/m0/s1. The summed E-state index contributed by atoms with van der Waals surface area (Å²) < 4.78 is 5.46. The van der Waals surface area contributed by atoms with Crippen LogP contribution in [-0.4, -0.2) is 22.8 Å². The Hall–Kier alpha value is -1.62. The first-order valence-electron chi connectivity index (χ1n) is 8.47. The molecule has 0 aromatic carbocycles. The zero-order valence-corrected chi connectivity index (χ0v) is 14.4. The van der Waals surface area contributed by atoms with Crippen LogP contribution < -0.4 is 0 Å². The van der Waals surface area contributed by atoms with Crippen LogP contribution in [0.15, 0.2) is 22.8 Å². The first-order valence-corrected chi connectivity index (χ1v) is 9.29. The molecule has 2 heterocycles. The summed E-state index contributed by atoms with van der Waals surface area (Å²) in [4.78, 5) is 20.9. The first-order chi connectivity index (χ1) is 11.2. The van der Waals surface area contributed by atoms with E-state index in [2.05, 4.69) is 6.92 Å². The molecule has 4 rings (SSSR count). The van der Waals surface area contributed by atoms with E-state index in [-0.39, 0.29) is 23.8 Å². The van der Waals surface area contributed by atoms with Crippen molar-refractivity contribution in [3.63, 3.8) is 0 Å². The lowest BCUT2D eigenvalue weighted by molar-refractivity contribution is -0.133. The summed E-state index contributed by atoms with van der Waals surface area (Å²) in [5.41, 5.74) is 1.22. The van der Waals surface area contributed by atoms with Crippen LogP contribution in [-0.2, 0) is 17.6 Å². The number of aromatic nitrogens is 1. The highest BCUT2D eigenvalue weighted by Gasteiger charge is 2.48. The SMILES string of the molecule is CCc1nc2c(s1)[C@H](N(C)C(=O)[C@H]1C[C@@H]1c1ccco1)CCC2. The molecule has 1 saturated carbocycles. The molecule has 0 radical (unpaired) electrons. The molecule has 0 bridgehead atoms. The highest BCUT2D eigenvalue weighted by atomic mass is 32.1. The first kappa shape index (κ1) is 14.9. The summed E-state index contributed by atoms with van der Waals surface area (Å²) in [5, 5.41) is 1.20. The Kier molecular flexibility index (Phi) is 3.76. The molecular weight excluding hydrogens is 308 g/mol. The van der Waals surface area contributed by atoms with Gasteiger partial charge in [-0.1, -0.05) is 6.92 Å². The number of amides is 1. The van der Waals surface area contributed by atoms with Crippen LogP contribution >= 0.6 is 11.3 Å². The topological polar surface area (TPSA) is 46.3 Å². The highest BCUT2D eigenvalue weighted by Crippen LogP contribution is 2.50. The summed E-state index contributed by atoms with van der Waals surface area (Å²) in [6.07, 6.45) is 6.82. The van der Waals surface area contributed by atoms with Gasteiger partial charge >= 0.3 is 0 Å². The molecule has 0 saturated heterocycles. The van der Waals surface area contributed by atoms with E-state index in [9.17, 15) is 4.79 Å². The van der Waals surface area contributed by atoms with E-state index >= 15 is 0 Å². The van der Waals surface area contributed by atoms with Crippen LogP contribution in [0.4, 0.5) is 0 Å². The Morgan fingerprint density at radius 3 is 3.13 bits per heavy atom. The Balaban J connectivity index is 1.51. The van der Waals surface area contributed by atoms with E-state index in [1.54, 1.807) is 17.6 Å². The molecule has 0 spiro atoms. The van der Waals surface area contributed by atoms with Gasteiger partial charge in [-0.2, -0.15) is 0 Å². The van der Waals surface area contributed by atoms with Crippen LogP contribution in [0.25, 0.3) is 0 Å². The third-order valence-electron chi connectivity index (χ3n) is 5.10. The van der Waals surface area contributed by atoms with Crippen molar-refractivity contribution in [2.75, 3.05) is 7.05 Å². The monoisotopic (exact) mass is 330 g/mol. The lowest BCUT2D eigenvalue weighted by Gasteiger charge is -2.31. The van der Waals surface area contributed by atoms with Gasteiger partial charge in [-0.25, -0.2) is 4.98 Å². The number of hydrogen-bond donors (Lipinski definition) is 0. The van der Waals surface area contributed by atoms with E-state index < -0.39 is 0 Å². The summed E-state index contributed by atoms with van der Waals surface area (Å²) in [6.45, 7) is 2.15. The minimum absolute atomic E-state index is 0.0927. The van der Waals surface area contributed by atoms with Gasteiger partial charge in [0.05, 0.1) is 27.9 Å². The lowest BCUT2D eigenvalue weighted by atomic mass is 9.96. The van der Waals surface area contributed by atoms with E-state index in [0.717, 1.165) is 37.9 Å². The zero-order chi connectivity index (χ0) is 16.0. The summed E-state index contributed by atoms with van der Waals surface area (Å²) in [5.74, 6) is 1.58. The molecule has 2 aliphatic carbocycles. The summed E-state index contributed by atoms with van der Waals surface area (Å²) in [7, 11) is 1.96. The predicted molar refractivity (Wildman–Crippen MR) is 89.5 cm³/mol. The van der Waals surface area contributed by atoms with Crippen molar-refractivity contribution >= 4 is 17.2 Å². The molecule has 0 aliphatic heterocycles. The maximum absolute atomic E-state index is 12.9. The molecule has 2 aliphatic rings. The average molecular weight is 330 g/mol. The number of nitrogens with zero attached hydrogens (tertiary/aromatic N) is 2. The molecule has 0 unspecified atom stereocenters. The Morgan fingerprint density at radius 2 is 2.39 bits per heavy atom. The number of thiazole rings is 1. The fourth-order valence-corrected chi connectivity index (χ4v) is 4.90. The molecule has 2 aromatic rings. The van der Waals surface area contributed by atoms with Gasteiger partial charge in [0, 0.05) is 18.9 Å². The maximum Gasteiger partial charge on any atom is 0.226 e. The van der Waals surface area contributed by atoms with Gasteiger partial charge in [-0.15, -0.1) is 11.3 Å². The minimum Gasteiger partial charge on any atom is -0.469 e. The number of carbonyl (C=O) groups excluding carboxylic acids is 1. The molecule has 5 heteroatoms. The smallest absolute Gasteiger partial charge is 0.226 e. The van der Waals surface area contributed by atoms with Gasteiger partial charge in [0.25, 0.3) is 0 Å². The molecule has 4 nitrogen and oxygen atoms in total. The fourth-order valence-electron chi connectivity index (χ4n) is 3.67. The van der Waals surface area contributed by atoms with E-state index in [1.165, 1.54) is 15.6 Å². The molecule has 0 N–H and O–H groups in total. The Labute approximate surface area is 140 Å². The van der Waals surface area contributed by atoms with Crippen molar-refractivity contribution in [2.45, 2.75) is 51.0 Å². The minimum atomic E-state index is 0.0927. The van der Waals surface area contributed by atoms with Crippen molar-refractivity contribution in [1.29, 1.82) is 0 Å². The molecule has 122 valence electrons. The summed E-state index contributed by atoms with van der Waals surface area (Å²) in [6, 6.07) is 4.09. The van der Waals surface area contributed by atoms with Crippen LogP contribution in [0, 0.1) is 5.92 Å². The number of carbonyl (C=O) groups is 1. The molecule has 1 fully saturated rings. The Morgan fingerprint density at radius 1 is 1.52 bits per heavy atom. The van der Waals surface area contributed by atoms with Gasteiger partial charge < -0.3 is 9.32 Å². The quantitative estimate of drug-likeness (QED) is 0.853. The number of hydrogen-bond acceptors (Lipinski definition) is 4. The fraction of sp³-hybridized carbons (Fsp3) is 0.556. The van der Waals surface area contributed by atoms with Gasteiger partial charge in [-0.3, -0.25) is 4.79 Å². The third kappa shape index (κ3) is 2.61. The highest BCUT2D eigenvalue weighted by molar-refractivity contribution is 7.11. The maximum atomic E-state index is 12.9. The van der Waals surface area contributed by atoms with Crippen molar-refractivity contribution in [3.8, 4) is 0 Å². The van der Waals surface area contributed by atoms with Crippen molar-refractivity contribution < 1.29 is 9.21 Å². The van der Waals surface area contributed by atoms with Crippen LogP contribution in [0.2, 0.25) is 0 Å². The molecule has 3 atom stereocenters.